The molecule has 0 aromatic carbocycles. The second-order valence-corrected chi connectivity index (χ2v) is 12.2. The first-order valence-electron chi connectivity index (χ1n) is 8.90. The number of hydrogen-bond donors (Lipinski definition) is 0. The second-order valence-electron chi connectivity index (χ2n) is 7.17. The predicted molar refractivity (Wildman–Crippen MR) is 110 cm³/mol. The minimum Gasteiger partial charge on any atom is -0.441 e. The van der Waals surface area contributed by atoms with Crippen LogP contribution in [-0.4, -0.2) is 28.0 Å². The fourth-order valence-corrected chi connectivity index (χ4v) is 3.44. The van der Waals surface area contributed by atoms with Crippen molar-refractivity contribution in [2.75, 3.05) is 0 Å². The molecule has 0 saturated carbocycles. The molecule has 0 aliphatic heterocycles. The average molecular weight is 600 g/mol. The zero-order chi connectivity index (χ0) is 20.9. The summed E-state index contributed by atoms with van der Waals surface area (Å²) in [6, 6.07) is 12.8. The fraction of sp³-hybridized carbons (Fsp3) is 0.143. The molecule has 0 spiro atoms. The summed E-state index contributed by atoms with van der Waals surface area (Å²) in [5, 5.41) is 1.18. The van der Waals surface area contributed by atoms with Gasteiger partial charge in [-0.25, -0.2) is 8.78 Å². The van der Waals surface area contributed by atoms with Gasteiger partial charge in [0.2, 0.25) is 0 Å². The Kier molecular flexibility index (Phi) is 8.22. The molecule has 4 aromatic rings. The summed E-state index contributed by atoms with van der Waals surface area (Å²) in [4.78, 5) is 19.5. The third-order valence-corrected chi connectivity index (χ3v) is 6.01. The van der Waals surface area contributed by atoms with Crippen molar-refractivity contribution in [2.45, 2.75) is 19.6 Å². The molecule has 30 heavy (non-hydrogen) atoms. The van der Waals surface area contributed by atoms with Crippen molar-refractivity contribution in [3.05, 3.63) is 79.1 Å². The molecule has 4 aromatic heterocycles. The van der Waals surface area contributed by atoms with Gasteiger partial charge in [-0.05, 0) is 28.8 Å². The molecule has 4 heterocycles. The summed E-state index contributed by atoms with van der Waals surface area (Å²) < 4.78 is 26.1. The van der Waals surface area contributed by atoms with E-state index in [2.05, 4.69) is 50.6 Å². The molecule has 0 unspecified atom stereocenters. The molecule has 0 N–H and O–H groups in total. The largest absolute Gasteiger partial charge is 0.441 e. The maximum atomic E-state index is 13.5. The molecule has 157 valence electrons. The maximum absolute atomic E-state index is 13.5. The molecule has 0 atom stereocenters. The van der Waals surface area contributed by atoms with Crippen molar-refractivity contribution < 1.29 is 28.9 Å². The molecule has 0 aliphatic carbocycles. The Balaban J connectivity index is 0.000000229. The Labute approximate surface area is 188 Å². The van der Waals surface area contributed by atoms with E-state index in [1.807, 2.05) is 24.3 Å². The van der Waals surface area contributed by atoms with Gasteiger partial charge in [0.15, 0.2) is 0 Å². The number of nitrogens with zero attached hydrogens (tertiary/aromatic N) is 5. The van der Waals surface area contributed by atoms with Crippen LogP contribution in [0.1, 0.15) is 0 Å². The van der Waals surface area contributed by atoms with Gasteiger partial charge in [0, 0.05) is 32.5 Å². The minimum absolute atomic E-state index is 0. The third kappa shape index (κ3) is 6.19. The zero-order valence-electron chi connectivity index (χ0n) is 16.6. The van der Waals surface area contributed by atoms with E-state index in [9.17, 15) is 8.78 Å². The van der Waals surface area contributed by atoms with E-state index in [1.165, 1.54) is 5.19 Å². The first-order valence-corrected chi connectivity index (χ1v) is 12.4. The van der Waals surface area contributed by atoms with Crippen LogP contribution in [0.5, 0.6) is 0 Å². The van der Waals surface area contributed by atoms with Crippen LogP contribution in [0.2, 0.25) is 19.6 Å². The van der Waals surface area contributed by atoms with E-state index in [-0.39, 0.29) is 25.7 Å². The Morgan fingerprint density at radius 3 is 2.27 bits per heavy atom. The van der Waals surface area contributed by atoms with Gasteiger partial charge in [-0.2, -0.15) is 0 Å². The summed E-state index contributed by atoms with van der Waals surface area (Å²) in [5.74, 6) is -1.08. The summed E-state index contributed by atoms with van der Waals surface area (Å²) in [5.41, 5.74) is 1.33. The van der Waals surface area contributed by atoms with Gasteiger partial charge >= 0.3 is 0 Å². The normalized spacial score (nSPS) is 10.6. The molecular formula is C21H19F2IrN5Si-2. The van der Waals surface area contributed by atoms with E-state index in [0.717, 1.165) is 11.8 Å². The molecule has 5 nitrogen and oxygen atoms in total. The molecule has 0 saturated heterocycles. The van der Waals surface area contributed by atoms with E-state index >= 15 is 0 Å². The predicted octanol–water partition coefficient (Wildman–Crippen LogP) is 3.87. The van der Waals surface area contributed by atoms with Gasteiger partial charge in [-0.1, -0.05) is 61.9 Å². The van der Waals surface area contributed by atoms with Crippen LogP contribution >= 0.6 is 0 Å². The van der Waals surface area contributed by atoms with Crippen molar-refractivity contribution in [1.29, 1.82) is 0 Å². The van der Waals surface area contributed by atoms with Gasteiger partial charge in [-0.15, -0.1) is 6.07 Å². The van der Waals surface area contributed by atoms with Gasteiger partial charge in [0.25, 0.3) is 0 Å². The number of hydrogen-bond acceptors (Lipinski definition) is 4. The van der Waals surface area contributed by atoms with Crippen molar-refractivity contribution in [3.8, 4) is 22.8 Å². The number of rotatable bonds is 3. The van der Waals surface area contributed by atoms with Crippen molar-refractivity contribution in [2.24, 2.45) is 0 Å². The van der Waals surface area contributed by atoms with E-state index < -0.39 is 20.0 Å². The summed E-state index contributed by atoms with van der Waals surface area (Å²) in [6.07, 6.45) is 6.79. The Morgan fingerprint density at radius 1 is 0.933 bits per heavy atom. The van der Waals surface area contributed by atoms with Crippen LogP contribution in [-0.2, 0) is 20.1 Å². The molecule has 9 heteroatoms. The van der Waals surface area contributed by atoms with E-state index in [0.29, 0.717) is 11.5 Å². The molecule has 1 radical (unpaired) electrons. The van der Waals surface area contributed by atoms with Crippen molar-refractivity contribution in [1.82, 2.24) is 24.9 Å². The average Bonchev–Trinajstić information content (AvgIpc) is 3.24. The number of halogens is 2. The van der Waals surface area contributed by atoms with Crippen molar-refractivity contribution >= 4 is 13.3 Å². The molecule has 4 rings (SSSR count). The topological polar surface area (TPSA) is 65.7 Å². The standard InChI is InChI=1S/C13H13F2N2Si.C8H6N3.Ir/c1-18(2,3)9-4-6-11(16-8-9)10-5-7-12(14)17-13(10)15;1-2-4-9-7(3-1)8-10-5-6-11-8;/h4,6-8H,1-3H3;1-6H;/q2*-1;. The van der Waals surface area contributed by atoms with Crippen molar-refractivity contribution in [3.63, 3.8) is 0 Å². The SMILES string of the molecule is C[Si](C)(C)c1ccc(-c2[c-]cc(F)nc2F)nc1.[Ir].c1ccc(-c2ncc[n-]2)nc1. The van der Waals surface area contributed by atoms with E-state index in [1.54, 1.807) is 30.9 Å². The quantitative estimate of drug-likeness (QED) is 0.203. The summed E-state index contributed by atoms with van der Waals surface area (Å²) in [7, 11) is -1.42. The van der Waals surface area contributed by atoms with Gasteiger partial charge < -0.3 is 15.0 Å². The first kappa shape index (κ1) is 23.7. The van der Waals surface area contributed by atoms with E-state index in [4.69, 9.17) is 0 Å². The third-order valence-electron chi connectivity index (χ3n) is 3.99. The maximum Gasteiger partial charge on any atom is 0.128 e. The first-order chi connectivity index (χ1) is 13.8. The monoisotopic (exact) mass is 600 g/mol. The van der Waals surface area contributed by atoms with Crippen LogP contribution in [0.15, 0.2) is 61.2 Å². The van der Waals surface area contributed by atoms with Crippen LogP contribution in [0, 0.1) is 18.0 Å². The summed E-state index contributed by atoms with van der Waals surface area (Å²) in [6.45, 7) is 6.61. The molecule has 0 bridgehead atoms. The molecule has 0 aliphatic rings. The van der Waals surface area contributed by atoms with Gasteiger partial charge in [-0.3, -0.25) is 9.97 Å². The van der Waals surface area contributed by atoms with Crippen LogP contribution in [0.4, 0.5) is 8.78 Å². The molecule has 0 fully saturated rings. The zero-order valence-corrected chi connectivity index (χ0v) is 20.0. The Morgan fingerprint density at radius 2 is 1.73 bits per heavy atom. The Hall–Kier alpha value is -2.61. The Bertz CT molecular complexity index is 1050. The fourth-order valence-electron chi connectivity index (χ4n) is 2.41. The van der Waals surface area contributed by atoms with Gasteiger partial charge in [0.05, 0.1) is 13.8 Å². The van der Waals surface area contributed by atoms with Crippen LogP contribution < -0.4 is 10.2 Å². The molecular weight excluding hydrogens is 581 g/mol. The number of imidazole rings is 1. The van der Waals surface area contributed by atoms with Crippen LogP contribution in [0.25, 0.3) is 22.8 Å². The smallest absolute Gasteiger partial charge is 0.128 e. The summed E-state index contributed by atoms with van der Waals surface area (Å²) >= 11 is 0. The minimum atomic E-state index is -1.42. The second kappa shape index (κ2) is 10.4. The molecule has 0 amide bonds. The number of pyridine rings is 3. The van der Waals surface area contributed by atoms with Crippen LogP contribution in [0.3, 0.4) is 0 Å². The van der Waals surface area contributed by atoms with Gasteiger partial charge in [0.1, 0.15) is 11.9 Å². The number of aromatic nitrogens is 5.